The summed E-state index contributed by atoms with van der Waals surface area (Å²) in [6.45, 7) is 3.27. The Labute approximate surface area is 155 Å². The van der Waals surface area contributed by atoms with Crippen LogP contribution >= 0.6 is 11.6 Å². The molecule has 0 amide bonds. The van der Waals surface area contributed by atoms with Crippen LogP contribution in [0.5, 0.6) is 0 Å². The summed E-state index contributed by atoms with van der Waals surface area (Å²) < 4.78 is 40.7. The Bertz CT molecular complexity index is 1030. The lowest BCUT2D eigenvalue weighted by Gasteiger charge is -2.10. The molecule has 0 saturated carbocycles. The van der Waals surface area contributed by atoms with E-state index in [4.69, 9.17) is 11.6 Å². The van der Waals surface area contributed by atoms with E-state index in [-0.39, 0.29) is 9.92 Å². The number of hydrogen-bond donors (Lipinski definition) is 3. The summed E-state index contributed by atoms with van der Waals surface area (Å²) in [5.41, 5.74) is 2.61. The zero-order valence-electron chi connectivity index (χ0n) is 14.0. The summed E-state index contributed by atoms with van der Waals surface area (Å²) in [5, 5.41) is 9.65. The first-order valence-electron chi connectivity index (χ1n) is 7.63. The summed E-state index contributed by atoms with van der Waals surface area (Å²) >= 11 is 5.75. The van der Waals surface area contributed by atoms with Gasteiger partial charge in [0, 0.05) is 17.1 Å². The van der Waals surface area contributed by atoms with Crippen LogP contribution < -0.4 is 10.0 Å². The number of rotatable bonds is 5. The number of hydrogen-bond acceptors (Lipinski definition) is 4. The molecule has 3 N–H and O–H groups in total. The van der Waals surface area contributed by atoms with Gasteiger partial charge in [0.1, 0.15) is 10.7 Å². The SMILES string of the molecule is Cc1n[nH]c(C)c1S(=O)(=O)Nc1ccc(Nc2ccc(F)c(Cl)c2)cc1. The van der Waals surface area contributed by atoms with Crippen LogP contribution in [-0.2, 0) is 10.0 Å². The number of H-pyrrole nitrogens is 1. The molecule has 9 heteroatoms. The van der Waals surface area contributed by atoms with Crippen molar-refractivity contribution < 1.29 is 12.8 Å². The van der Waals surface area contributed by atoms with Gasteiger partial charge >= 0.3 is 0 Å². The number of nitrogens with zero attached hydrogens (tertiary/aromatic N) is 1. The first-order chi connectivity index (χ1) is 12.3. The fraction of sp³-hybridized carbons (Fsp3) is 0.118. The molecule has 0 atom stereocenters. The lowest BCUT2D eigenvalue weighted by Crippen LogP contribution is -2.14. The van der Waals surface area contributed by atoms with E-state index in [9.17, 15) is 12.8 Å². The zero-order chi connectivity index (χ0) is 18.9. The Balaban J connectivity index is 1.76. The Hall–Kier alpha value is -2.58. The summed E-state index contributed by atoms with van der Waals surface area (Å²) in [5.74, 6) is -0.494. The van der Waals surface area contributed by atoms with E-state index >= 15 is 0 Å². The van der Waals surface area contributed by atoms with E-state index in [1.807, 2.05) is 0 Å². The lowest BCUT2D eigenvalue weighted by molar-refractivity contribution is 0.600. The molecular formula is C17H16ClFN4O2S. The average Bonchev–Trinajstić information content (AvgIpc) is 2.92. The Morgan fingerprint density at radius 2 is 1.65 bits per heavy atom. The highest BCUT2D eigenvalue weighted by Gasteiger charge is 2.22. The van der Waals surface area contributed by atoms with E-state index in [1.54, 1.807) is 44.2 Å². The Morgan fingerprint density at radius 1 is 1.04 bits per heavy atom. The highest BCUT2D eigenvalue weighted by atomic mass is 35.5. The molecule has 0 radical (unpaired) electrons. The van der Waals surface area contributed by atoms with E-state index < -0.39 is 15.8 Å². The molecule has 0 bridgehead atoms. The van der Waals surface area contributed by atoms with E-state index in [1.165, 1.54) is 12.1 Å². The second-order valence-electron chi connectivity index (χ2n) is 5.70. The highest BCUT2D eigenvalue weighted by Crippen LogP contribution is 2.25. The first-order valence-corrected chi connectivity index (χ1v) is 9.49. The molecule has 3 rings (SSSR count). The van der Waals surface area contributed by atoms with Crippen LogP contribution in [0.3, 0.4) is 0 Å². The van der Waals surface area contributed by atoms with E-state index in [2.05, 4.69) is 20.2 Å². The van der Waals surface area contributed by atoms with Gasteiger partial charge in [-0.1, -0.05) is 11.6 Å². The van der Waals surface area contributed by atoms with Crippen LogP contribution in [0.15, 0.2) is 47.4 Å². The molecule has 0 spiro atoms. The number of benzene rings is 2. The number of aryl methyl sites for hydroxylation is 2. The minimum Gasteiger partial charge on any atom is -0.355 e. The monoisotopic (exact) mass is 394 g/mol. The molecule has 0 aliphatic rings. The third-order valence-corrected chi connectivity index (χ3v) is 5.61. The second kappa shape index (κ2) is 6.97. The third kappa shape index (κ3) is 3.81. The quantitative estimate of drug-likeness (QED) is 0.600. The standard InChI is InChI=1S/C17H16ClFN4O2S/c1-10-17(11(2)22-21-10)26(24,25)23-13-5-3-12(4-6-13)20-14-7-8-16(19)15(18)9-14/h3-9,20,23H,1-2H3,(H,21,22). The molecule has 0 aliphatic carbocycles. The van der Waals surface area contributed by atoms with Gasteiger partial charge in [0.05, 0.1) is 16.4 Å². The molecule has 6 nitrogen and oxygen atoms in total. The maximum Gasteiger partial charge on any atom is 0.265 e. The molecule has 0 saturated heterocycles. The maximum absolute atomic E-state index is 13.2. The van der Waals surface area contributed by atoms with Crippen molar-refractivity contribution in [3.8, 4) is 0 Å². The second-order valence-corrected chi connectivity index (χ2v) is 7.73. The van der Waals surface area contributed by atoms with Gasteiger partial charge in [-0.25, -0.2) is 12.8 Å². The van der Waals surface area contributed by atoms with Crippen molar-refractivity contribution in [1.29, 1.82) is 0 Å². The Kier molecular flexibility index (Phi) is 4.88. The molecule has 1 aromatic heterocycles. The third-order valence-electron chi connectivity index (χ3n) is 3.67. The van der Waals surface area contributed by atoms with Crippen molar-refractivity contribution in [3.63, 3.8) is 0 Å². The molecule has 3 aromatic rings. The van der Waals surface area contributed by atoms with Gasteiger partial charge < -0.3 is 5.32 Å². The van der Waals surface area contributed by atoms with E-state index in [0.717, 1.165) is 0 Å². The van der Waals surface area contributed by atoms with Gasteiger partial charge in [0.2, 0.25) is 0 Å². The fourth-order valence-corrected chi connectivity index (χ4v) is 4.12. The molecule has 0 fully saturated rings. The molecule has 136 valence electrons. The highest BCUT2D eigenvalue weighted by molar-refractivity contribution is 7.92. The summed E-state index contributed by atoms with van der Waals surface area (Å²) in [6.07, 6.45) is 0. The summed E-state index contributed by atoms with van der Waals surface area (Å²) in [7, 11) is -3.74. The number of halogens is 2. The minimum absolute atomic E-state index is 0.0187. The van der Waals surface area contributed by atoms with Gasteiger partial charge in [0.25, 0.3) is 10.0 Å². The van der Waals surface area contributed by atoms with Crippen LogP contribution in [0.4, 0.5) is 21.5 Å². The van der Waals surface area contributed by atoms with Crippen LogP contribution in [-0.4, -0.2) is 18.6 Å². The Morgan fingerprint density at radius 3 is 2.23 bits per heavy atom. The predicted molar refractivity (Wildman–Crippen MR) is 100 cm³/mol. The van der Waals surface area contributed by atoms with Crippen LogP contribution in [0.25, 0.3) is 0 Å². The van der Waals surface area contributed by atoms with Gasteiger partial charge in [-0.15, -0.1) is 0 Å². The van der Waals surface area contributed by atoms with Gasteiger partial charge in [-0.2, -0.15) is 5.10 Å². The molecule has 0 aliphatic heterocycles. The van der Waals surface area contributed by atoms with Crippen LogP contribution in [0.2, 0.25) is 5.02 Å². The largest absolute Gasteiger partial charge is 0.355 e. The van der Waals surface area contributed by atoms with Crippen molar-refractivity contribution in [2.75, 3.05) is 10.0 Å². The van der Waals surface area contributed by atoms with Crippen molar-refractivity contribution in [1.82, 2.24) is 10.2 Å². The van der Waals surface area contributed by atoms with Crippen molar-refractivity contribution in [2.24, 2.45) is 0 Å². The molecule has 26 heavy (non-hydrogen) atoms. The molecule has 2 aromatic carbocycles. The van der Waals surface area contributed by atoms with Gasteiger partial charge in [-0.05, 0) is 56.3 Å². The first kappa shape index (κ1) is 18.2. The minimum atomic E-state index is -3.74. The predicted octanol–water partition coefficient (Wildman–Crippen LogP) is 4.36. The number of sulfonamides is 1. The molecule has 0 unspecified atom stereocenters. The molecular weight excluding hydrogens is 379 g/mol. The summed E-state index contributed by atoms with van der Waals surface area (Å²) in [4.78, 5) is 0.139. The zero-order valence-corrected chi connectivity index (χ0v) is 15.5. The van der Waals surface area contributed by atoms with Gasteiger partial charge in [-0.3, -0.25) is 9.82 Å². The number of aromatic nitrogens is 2. The van der Waals surface area contributed by atoms with Crippen LogP contribution in [0, 0.1) is 19.7 Å². The van der Waals surface area contributed by atoms with Crippen molar-refractivity contribution >= 4 is 38.7 Å². The lowest BCUT2D eigenvalue weighted by atomic mass is 10.2. The fourth-order valence-electron chi connectivity index (χ4n) is 2.50. The maximum atomic E-state index is 13.2. The topological polar surface area (TPSA) is 86.9 Å². The van der Waals surface area contributed by atoms with Crippen molar-refractivity contribution in [2.45, 2.75) is 18.7 Å². The average molecular weight is 395 g/mol. The summed E-state index contributed by atoms with van der Waals surface area (Å²) in [6, 6.07) is 10.9. The number of aromatic amines is 1. The van der Waals surface area contributed by atoms with Gasteiger partial charge in [0.15, 0.2) is 0 Å². The van der Waals surface area contributed by atoms with Crippen molar-refractivity contribution in [3.05, 3.63) is 64.7 Å². The van der Waals surface area contributed by atoms with E-state index in [0.29, 0.717) is 28.5 Å². The number of anilines is 3. The smallest absolute Gasteiger partial charge is 0.265 e. The normalized spacial score (nSPS) is 11.4. The number of nitrogens with one attached hydrogen (secondary N) is 3. The molecule has 1 heterocycles. The van der Waals surface area contributed by atoms with Crippen LogP contribution in [0.1, 0.15) is 11.4 Å².